The summed E-state index contributed by atoms with van der Waals surface area (Å²) in [6.07, 6.45) is 2.29. The van der Waals surface area contributed by atoms with Gasteiger partial charge >= 0.3 is 0 Å². The van der Waals surface area contributed by atoms with Crippen molar-refractivity contribution >= 4 is 17.4 Å². The normalized spacial score (nSPS) is 16.8. The Morgan fingerprint density at radius 2 is 1.85 bits per heavy atom. The standard InChI is InChI=1S/C20H24N4O3/c25-20(22-16-4-5-17-18(15-16)27-14-13-26-17)6-8-23-9-11-24(12-10-23)19-3-1-2-7-21-19/h1-5,7,15H,6,8-14H2,(H,22,25). The van der Waals surface area contributed by atoms with E-state index < -0.39 is 0 Å². The van der Waals surface area contributed by atoms with Gasteiger partial charge in [0.25, 0.3) is 0 Å². The van der Waals surface area contributed by atoms with Crippen LogP contribution in [0.2, 0.25) is 0 Å². The average molecular weight is 368 g/mol. The first kappa shape index (κ1) is 17.6. The van der Waals surface area contributed by atoms with Gasteiger partial charge in [0.05, 0.1) is 0 Å². The third-order valence-corrected chi connectivity index (χ3v) is 4.83. The molecular formula is C20H24N4O3. The molecule has 2 aliphatic heterocycles. The predicted molar refractivity (Wildman–Crippen MR) is 104 cm³/mol. The molecule has 0 radical (unpaired) electrons. The fourth-order valence-corrected chi connectivity index (χ4v) is 3.35. The van der Waals surface area contributed by atoms with E-state index in [0.717, 1.165) is 50.0 Å². The summed E-state index contributed by atoms with van der Waals surface area (Å²) in [4.78, 5) is 21.3. The molecule has 1 amide bonds. The number of nitrogens with zero attached hydrogens (tertiary/aromatic N) is 3. The van der Waals surface area contributed by atoms with Gasteiger partial charge in [-0.05, 0) is 24.3 Å². The molecule has 1 saturated heterocycles. The first-order valence-electron chi connectivity index (χ1n) is 9.36. The average Bonchev–Trinajstić information content (AvgIpc) is 2.73. The quantitative estimate of drug-likeness (QED) is 0.871. The molecule has 2 aliphatic rings. The third kappa shape index (κ3) is 4.49. The lowest BCUT2D eigenvalue weighted by Gasteiger charge is -2.35. The number of amides is 1. The number of carbonyl (C=O) groups excluding carboxylic acids is 1. The first-order chi connectivity index (χ1) is 13.3. The van der Waals surface area contributed by atoms with Crippen LogP contribution >= 0.6 is 0 Å². The molecule has 142 valence electrons. The maximum absolute atomic E-state index is 12.3. The van der Waals surface area contributed by atoms with Gasteiger partial charge in [0.15, 0.2) is 11.5 Å². The number of pyridine rings is 1. The smallest absolute Gasteiger partial charge is 0.225 e. The minimum Gasteiger partial charge on any atom is -0.486 e. The molecule has 1 fully saturated rings. The van der Waals surface area contributed by atoms with Crippen LogP contribution < -0.4 is 19.7 Å². The van der Waals surface area contributed by atoms with E-state index in [1.54, 1.807) is 0 Å². The van der Waals surface area contributed by atoms with Crippen LogP contribution in [0.15, 0.2) is 42.6 Å². The number of benzene rings is 1. The Morgan fingerprint density at radius 1 is 1.04 bits per heavy atom. The number of hydrogen-bond donors (Lipinski definition) is 1. The van der Waals surface area contributed by atoms with E-state index in [4.69, 9.17) is 9.47 Å². The first-order valence-corrected chi connectivity index (χ1v) is 9.36. The van der Waals surface area contributed by atoms with E-state index in [1.165, 1.54) is 0 Å². The Labute approximate surface area is 158 Å². The molecule has 0 bridgehead atoms. The molecule has 7 nitrogen and oxygen atoms in total. The van der Waals surface area contributed by atoms with Gasteiger partial charge in [-0.2, -0.15) is 0 Å². The van der Waals surface area contributed by atoms with Crippen molar-refractivity contribution in [2.45, 2.75) is 6.42 Å². The highest BCUT2D eigenvalue weighted by Crippen LogP contribution is 2.32. The zero-order valence-electron chi connectivity index (χ0n) is 15.3. The number of piperazine rings is 1. The van der Waals surface area contributed by atoms with Crippen LogP contribution in [0.25, 0.3) is 0 Å². The molecule has 3 heterocycles. The Morgan fingerprint density at radius 3 is 2.63 bits per heavy atom. The summed E-state index contributed by atoms with van der Waals surface area (Å²) in [5.74, 6) is 2.45. The summed E-state index contributed by atoms with van der Waals surface area (Å²) >= 11 is 0. The van der Waals surface area contributed by atoms with Crippen LogP contribution in [-0.4, -0.2) is 61.7 Å². The minimum atomic E-state index is 0.0128. The van der Waals surface area contributed by atoms with E-state index in [0.29, 0.717) is 25.4 Å². The molecular weight excluding hydrogens is 344 g/mol. The van der Waals surface area contributed by atoms with E-state index in [1.807, 2.05) is 42.6 Å². The Kier molecular flexibility index (Phi) is 5.39. The third-order valence-electron chi connectivity index (χ3n) is 4.83. The van der Waals surface area contributed by atoms with Crippen molar-refractivity contribution < 1.29 is 14.3 Å². The highest BCUT2D eigenvalue weighted by Gasteiger charge is 2.18. The molecule has 0 aliphatic carbocycles. The largest absolute Gasteiger partial charge is 0.486 e. The van der Waals surface area contributed by atoms with Crippen molar-refractivity contribution in [1.29, 1.82) is 0 Å². The monoisotopic (exact) mass is 368 g/mol. The summed E-state index contributed by atoms with van der Waals surface area (Å²) in [5, 5.41) is 2.94. The van der Waals surface area contributed by atoms with E-state index >= 15 is 0 Å². The van der Waals surface area contributed by atoms with Crippen LogP contribution in [0.5, 0.6) is 11.5 Å². The maximum atomic E-state index is 12.3. The zero-order valence-corrected chi connectivity index (χ0v) is 15.3. The maximum Gasteiger partial charge on any atom is 0.225 e. The Balaban J connectivity index is 1.22. The summed E-state index contributed by atoms with van der Waals surface area (Å²) in [5.41, 5.74) is 0.740. The fourth-order valence-electron chi connectivity index (χ4n) is 3.35. The topological polar surface area (TPSA) is 66.9 Å². The summed E-state index contributed by atoms with van der Waals surface area (Å²) in [6.45, 7) is 5.59. The molecule has 4 rings (SSSR count). The molecule has 0 unspecified atom stereocenters. The van der Waals surface area contributed by atoms with Crippen LogP contribution in [-0.2, 0) is 4.79 Å². The van der Waals surface area contributed by atoms with Crippen LogP contribution in [0, 0.1) is 0 Å². The second-order valence-corrected chi connectivity index (χ2v) is 6.67. The van der Waals surface area contributed by atoms with Gasteiger partial charge in [0, 0.05) is 57.1 Å². The number of fused-ring (bicyclic) bond motifs is 1. The number of anilines is 2. The second kappa shape index (κ2) is 8.26. The van der Waals surface area contributed by atoms with Gasteiger partial charge in [-0.3, -0.25) is 9.69 Å². The van der Waals surface area contributed by atoms with E-state index in [2.05, 4.69) is 20.1 Å². The fraction of sp³-hybridized carbons (Fsp3) is 0.400. The highest BCUT2D eigenvalue weighted by atomic mass is 16.6. The lowest BCUT2D eigenvalue weighted by molar-refractivity contribution is -0.116. The highest BCUT2D eigenvalue weighted by molar-refractivity contribution is 5.91. The van der Waals surface area contributed by atoms with Crippen molar-refractivity contribution in [2.24, 2.45) is 0 Å². The number of carbonyl (C=O) groups is 1. The zero-order chi connectivity index (χ0) is 18.5. The number of aromatic nitrogens is 1. The Hall–Kier alpha value is -2.80. The van der Waals surface area contributed by atoms with Crippen molar-refractivity contribution in [1.82, 2.24) is 9.88 Å². The lowest BCUT2D eigenvalue weighted by atomic mass is 10.2. The van der Waals surface area contributed by atoms with Gasteiger partial charge in [-0.25, -0.2) is 4.98 Å². The molecule has 1 aromatic carbocycles. The van der Waals surface area contributed by atoms with Gasteiger partial charge in [0.2, 0.25) is 5.91 Å². The van der Waals surface area contributed by atoms with Gasteiger partial charge in [0.1, 0.15) is 19.0 Å². The van der Waals surface area contributed by atoms with Gasteiger partial charge in [-0.15, -0.1) is 0 Å². The SMILES string of the molecule is O=C(CCN1CCN(c2ccccn2)CC1)Nc1ccc2c(c1)OCCO2. The summed E-state index contributed by atoms with van der Waals surface area (Å²) in [6, 6.07) is 11.5. The Bertz CT molecular complexity index is 776. The predicted octanol–water partition coefficient (Wildman–Crippen LogP) is 2.00. The van der Waals surface area contributed by atoms with Crippen molar-refractivity contribution in [2.75, 3.05) is 56.2 Å². The number of rotatable bonds is 5. The summed E-state index contributed by atoms with van der Waals surface area (Å²) < 4.78 is 11.1. The van der Waals surface area contributed by atoms with Crippen molar-refractivity contribution in [3.63, 3.8) is 0 Å². The minimum absolute atomic E-state index is 0.0128. The van der Waals surface area contributed by atoms with Crippen molar-refractivity contribution in [3.05, 3.63) is 42.6 Å². The molecule has 0 atom stereocenters. The van der Waals surface area contributed by atoms with Crippen LogP contribution in [0.3, 0.4) is 0 Å². The number of hydrogen-bond acceptors (Lipinski definition) is 6. The van der Waals surface area contributed by atoms with Crippen LogP contribution in [0.4, 0.5) is 11.5 Å². The molecule has 7 heteroatoms. The summed E-state index contributed by atoms with van der Waals surface area (Å²) in [7, 11) is 0. The molecule has 1 N–H and O–H groups in total. The lowest BCUT2D eigenvalue weighted by Crippen LogP contribution is -2.47. The molecule has 0 saturated carbocycles. The molecule has 0 spiro atoms. The molecule has 27 heavy (non-hydrogen) atoms. The number of nitrogens with one attached hydrogen (secondary N) is 1. The molecule has 2 aromatic rings. The van der Waals surface area contributed by atoms with Gasteiger partial charge < -0.3 is 19.7 Å². The van der Waals surface area contributed by atoms with E-state index in [-0.39, 0.29) is 5.91 Å². The van der Waals surface area contributed by atoms with E-state index in [9.17, 15) is 4.79 Å². The van der Waals surface area contributed by atoms with Crippen LogP contribution in [0.1, 0.15) is 6.42 Å². The number of ether oxygens (including phenoxy) is 2. The molecule has 1 aromatic heterocycles. The van der Waals surface area contributed by atoms with Gasteiger partial charge in [-0.1, -0.05) is 6.07 Å². The van der Waals surface area contributed by atoms with Crippen molar-refractivity contribution in [3.8, 4) is 11.5 Å². The second-order valence-electron chi connectivity index (χ2n) is 6.67.